The first kappa shape index (κ1) is 15.2. The van der Waals surface area contributed by atoms with Crippen molar-refractivity contribution in [2.45, 2.75) is 0 Å². The van der Waals surface area contributed by atoms with Crippen molar-refractivity contribution in [3.8, 4) is 5.75 Å². The van der Waals surface area contributed by atoms with Gasteiger partial charge < -0.3 is 21.7 Å². The second kappa shape index (κ2) is 5.41. The molecule has 0 amide bonds. The molecule has 0 bridgehead atoms. The number of carboxylic acid groups (broad SMARTS) is 1. The van der Waals surface area contributed by atoms with E-state index in [1.165, 1.54) is 0 Å². The molecule has 0 aliphatic carbocycles. The first-order valence-corrected chi connectivity index (χ1v) is 3.13. The number of halogens is 2. The molecule has 6 N–H and O–H groups in total. The number of carboxylic acids is 1. The number of phenols is 1. The number of carbonyl (C=O) groups is 1. The summed E-state index contributed by atoms with van der Waals surface area (Å²) in [6.45, 7) is 0. The zero-order valence-electron chi connectivity index (χ0n) is 6.93. The lowest BCUT2D eigenvalue weighted by molar-refractivity contribution is 0.0697. The van der Waals surface area contributed by atoms with Gasteiger partial charge in [-0.05, 0) is 12.1 Å². The van der Waals surface area contributed by atoms with Gasteiger partial charge in [0.25, 0.3) is 0 Å². The molecule has 0 saturated heterocycles. The molecule has 0 radical (unpaired) electrons. The molecule has 80 valence electrons. The van der Waals surface area contributed by atoms with Crippen LogP contribution in [-0.2, 0) is 0 Å². The summed E-state index contributed by atoms with van der Waals surface area (Å²) in [7, 11) is 0. The highest BCUT2D eigenvalue weighted by atomic mass is 35.5. The fourth-order valence-electron chi connectivity index (χ4n) is 0.804. The Hall–Kier alpha value is -1.33. The summed E-state index contributed by atoms with van der Waals surface area (Å²) in [5.74, 6) is -1.41. The van der Waals surface area contributed by atoms with E-state index in [1.54, 1.807) is 0 Å². The van der Waals surface area contributed by atoms with Crippen LogP contribution in [0.2, 0.25) is 0 Å². The quantitative estimate of drug-likeness (QED) is 0.434. The number of aromatic hydroxyl groups is 1. The predicted octanol–water partition coefficient (Wildman–Crippen LogP) is 1.10. The molecule has 14 heavy (non-hydrogen) atoms. The maximum Gasteiger partial charge on any atom is 0.335 e. The van der Waals surface area contributed by atoms with Crippen molar-refractivity contribution in [3.05, 3.63) is 17.7 Å². The second-order valence-corrected chi connectivity index (χ2v) is 2.31. The lowest BCUT2D eigenvalue weighted by atomic mass is 10.1. The molecule has 0 spiro atoms. The number of phenolic OH excluding ortho intramolecular Hbond substituents is 1. The van der Waals surface area contributed by atoms with E-state index in [4.69, 9.17) is 21.7 Å². The van der Waals surface area contributed by atoms with Gasteiger partial charge in [0, 0.05) is 0 Å². The highest BCUT2D eigenvalue weighted by Gasteiger charge is 2.08. The van der Waals surface area contributed by atoms with Gasteiger partial charge in [-0.25, -0.2) is 4.79 Å². The van der Waals surface area contributed by atoms with Gasteiger partial charge in [0.05, 0.1) is 16.9 Å². The van der Waals surface area contributed by atoms with Gasteiger partial charge >= 0.3 is 5.97 Å². The van der Waals surface area contributed by atoms with Crippen LogP contribution in [0.15, 0.2) is 12.1 Å². The molecular formula is C7H10Cl2N2O3. The van der Waals surface area contributed by atoms with Crippen molar-refractivity contribution >= 4 is 42.2 Å². The molecule has 5 nitrogen and oxygen atoms in total. The highest BCUT2D eigenvalue weighted by molar-refractivity contribution is 5.91. The van der Waals surface area contributed by atoms with Gasteiger partial charge in [0.15, 0.2) is 5.75 Å². The maximum atomic E-state index is 10.4. The third-order valence-electron chi connectivity index (χ3n) is 1.42. The van der Waals surface area contributed by atoms with Crippen molar-refractivity contribution in [1.82, 2.24) is 0 Å². The number of benzene rings is 1. The van der Waals surface area contributed by atoms with E-state index >= 15 is 0 Å². The van der Waals surface area contributed by atoms with Gasteiger partial charge in [-0.3, -0.25) is 0 Å². The number of hydrogen-bond donors (Lipinski definition) is 4. The molecule has 0 unspecified atom stereocenters. The third-order valence-corrected chi connectivity index (χ3v) is 1.42. The standard InChI is InChI=1S/C7H8N2O3.2ClH/c8-4-1-3(7(11)12)2-5(9)6(4)10;;/h1-2,10H,8-9H2,(H,11,12);2*1H. The Labute approximate surface area is 92.5 Å². The predicted molar refractivity (Wildman–Crippen MR) is 58.4 cm³/mol. The number of hydrogen-bond acceptors (Lipinski definition) is 4. The molecular weight excluding hydrogens is 231 g/mol. The first-order chi connectivity index (χ1) is 5.52. The van der Waals surface area contributed by atoms with Crippen LogP contribution in [-0.4, -0.2) is 16.2 Å². The lowest BCUT2D eigenvalue weighted by Crippen LogP contribution is -2.00. The Balaban J connectivity index is 0. The van der Waals surface area contributed by atoms with E-state index in [1.807, 2.05) is 0 Å². The monoisotopic (exact) mass is 240 g/mol. The molecule has 0 fully saturated rings. The Bertz CT molecular complexity index is 321. The molecule has 1 aromatic rings. The van der Waals surface area contributed by atoms with Crippen LogP contribution in [0.25, 0.3) is 0 Å². The lowest BCUT2D eigenvalue weighted by Gasteiger charge is -2.03. The number of anilines is 2. The van der Waals surface area contributed by atoms with E-state index in [-0.39, 0.29) is 47.5 Å². The van der Waals surface area contributed by atoms with Gasteiger partial charge in [0.2, 0.25) is 0 Å². The zero-order valence-corrected chi connectivity index (χ0v) is 8.56. The molecule has 0 aliphatic rings. The Morgan fingerprint density at radius 1 is 1.14 bits per heavy atom. The van der Waals surface area contributed by atoms with Gasteiger partial charge in [-0.2, -0.15) is 0 Å². The molecule has 7 heteroatoms. The van der Waals surface area contributed by atoms with E-state index < -0.39 is 5.97 Å². The summed E-state index contributed by atoms with van der Waals surface area (Å²) in [5.41, 5.74) is 10.4. The largest absolute Gasteiger partial charge is 0.504 e. The van der Waals surface area contributed by atoms with Crippen molar-refractivity contribution in [1.29, 1.82) is 0 Å². The van der Waals surface area contributed by atoms with Crippen molar-refractivity contribution in [2.75, 3.05) is 11.5 Å². The minimum absolute atomic E-state index is 0. The molecule has 0 heterocycles. The van der Waals surface area contributed by atoms with Crippen LogP contribution in [0.3, 0.4) is 0 Å². The van der Waals surface area contributed by atoms with Crippen molar-refractivity contribution < 1.29 is 15.0 Å². The molecule has 0 aliphatic heterocycles. The summed E-state index contributed by atoms with van der Waals surface area (Å²) in [6.07, 6.45) is 0. The van der Waals surface area contributed by atoms with Crippen LogP contribution in [0.1, 0.15) is 10.4 Å². The number of nitrogens with two attached hydrogens (primary N) is 2. The molecule has 0 atom stereocenters. The van der Waals surface area contributed by atoms with Crippen molar-refractivity contribution in [2.24, 2.45) is 0 Å². The minimum Gasteiger partial charge on any atom is -0.504 e. The maximum absolute atomic E-state index is 10.4. The Morgan fingerprint density at radius 2 is 1.50 bits per heavy atom. The summed E-state index contributed by atoms with van der Waals surface area (Å²) in [5, 5.41) is 17.6. The Morgan fingerprint density at radius 3 is 1.79 bits per heavy atom. The van der Waals surface area contributed by atoms with E-state index in [2.05, 4.69) is 0 Å². The SMILES string of the molecule is Cl.Cl.Nc1cc(C(=O)O)cc(N)c1O. The normalized spacial score (nSPS) is 8.29. The van der Waals surface area contributed by atoms with Gasteiger partial charge in [-0.15, -0.1) is 24.8 Å². The summed E-state index contributed by atoms with van der Waals surface area (Å²) in [6, 6.07) is 2.29. The zero-order chi connectivity index (χ0) is 9.30. The van der Waals surface area contributed by atoms with Crippen LogP contribution in [0, 0.1) is 0 Å². The highest BCUT2D eigenvalue weighted by Crippen LogP contribution is 2.28. The van der Waals surface area contributed by atoms with Gasteiger partial charge in [-0.1, -0.05) is 0 Å². The van der Waals surface area contributed by atoms with Crippen LogP contribution < -0.4 is 11.5 Å². The first-order valence-electron chi connectivity index (χ1n) is 3.13. The third kappa shape index (κ3) is 2.86. The minimum atomic E-state index is -1.13. The fourth-order valence-corrected chi connectivity index (χ4v) is 0.804. The molecule has 1 rings (SSSR count). The number of rotatable bonds is 1. The number of nitrogen functional groups attached to an aromatic ring is 2. The van der Waals surface area contributed by atoms with E-state index in [9.17, 15) is 4.79 Å². The summed E-state index contributed by atoms with van der Waals surface area (Å²) < 4.78 is 0. The van der Waals surface area contributed by atoms with Gasteiger partial charge in [0.1, 0.15) is 0 Å². The topological polar surface area (TPSA) is 110 Å². The fraction of sp³-hybridized carbons (Fsp3) is 0. The van der Waals surface area contributed by atoms with Crippen LogP contribution >= 0.6 is 24.8 Å². The number of aromatic carboxylic acids is 1. The van der Waals surface area contributed by atoms with Crippen LogP contribution in [0.5, 0.6) is 5.75 Å². The Kier molecular flexibility index (Phi) is 5.86. The van der Waals surface area contributed by atoms with Crippen LogP contribution in [0.4, 0.5) is 11.4 Å². The smallest absolute Gasteiger partial charge is 0.335 e. The van der Waals surface area contributed by atoms with E-state index in [0.29, 0.717) is 0 Å². The molecule has 0 saturated carbocycles. The molecule has 0 aromatic heterocycles. The molecule has 1 aromatic carbocycles. The van der Waals surface area contributed by atoms with E-state index in [0.717, 1.165) is 12.1 Å². The summed E-state index contributed by atoms with van der Waals surface area (Å²) >= 11 is 0. The summed E-state index contributed by atoms with van der Waals surface area (Å²) in [4.78, 5) is 10.4. The second-order valence-electron chi connectivity index (χ2n) is 2.31. The average Bonchev–Trinajstić information content (AvgIpc) is 1.99. The average molecular weight is 241 g/mol. The van der Waals surface area contributed by atoms with Crippen molar-refractivity contribution in [3.63, 3.8) is 0 Å².